The molecule has 1 atom stereocenters. The fraction of sp³-hybridized carbons (Fsp3) is 0.408. The number of piperidine rings is 2. The first-order valence-corrected chi connectivity index (χ1v) is 23.0. The summed E-state index contributed by atoms with van der Waals surface area (Å²) < 4.78 is 72.5. The van der Waals surface area contributed by atoms with Crippen molar-refractivity contribution in [3.8, 4) is 16.9 Å². The number of rotatable bonds is 12. The Morgan fingerprint density at radius 2 is 1.59 bits per heavy atom. The summed E-state index contributed by atoms with van der Waals surface area (Å²) in [6.07, 6.45) is 7.90. The summed E-state index contributed by atoms with van der Waals surface area (Å²) in [5, 5.41) is 9.70. The van der Waals surface area contributed by atoms with Crippen LogP contribution in [0.4, 0.5) is 34.6 Å². The van der Waals surface area contributed by atoms with Crippen molar-refractivity contribution >= 4 is 57.2 Å². The number of halogens is 4. The van der Waals surface area contributed by atoms with Crippen LogP contribution >= 0.6 is 0 Å². The molecule has 0 radical (unpaired) electrons. The van der Waals surface area contributed by atoms with E-state index in [1.807, 2.05) is 15.9 Å². The smallest absolute Gasteiger partial charge is 0.269 e. The van der Waals surface area contributed by atoms with Gasteiger partial charge in [-0.1, -0.05) is 6.08 Å². The highest BCUT2D eigenvalue weighted by molar-refractivity contribution is 6.05. The van der Waals surface area contributed by atoms with Gasteiger partial charge in [0.15, 0.2) is 5.82 Å². The average molecular weight is 939 g/mol. The zero-order chi connectivity index (χ0) is 47.8. The van der Waals surface area contributed by atoms with Crippen molar-refractivity contribution < 1.29 is 41.5 Å². The van der Waals surface area contributed by atoms with Crippen LogP contribution in [0, 0.1) is 23.3 Å². The minimum Gasteiger partial charge on any atom is -0.495 e. The normalized spacial score (nSPS) is 18.5. The molecule has 19 heteroatoms. The highest BCUT2D eigenvalue weighted by atomic mass is 19.1. The number of aromatic amines is 1. The van der Waals surface area contributed by atoms with E-state index in [0.717, 1.165) is 18.9 Å². The molecule has 5 aromatic rings. The topological polar surface area (TPSA) is 151 Å². The Labute approximate surface area is 390 Å². The van der Waals surface area contributed by atoms with Crippen molar-refractivity contribution in [2.45, 2.75) is 57.2 Å². The highest BCUT2D eigenvalue weighted by Crippen LogP contribution is 2.40. The van der Waals surface area contributed by atoms with Gasteiger partial charge in [0.2, 0.25) is 17.7 Å². The first-order chi connectivity index (χ1) is 32.8. The third-order valence-corrected chi connectivity index (χ3v) is 13.6. The number of amides is 4. The van der Waals surface area contributed by atoms with Crippen molar-refractivity contribution in [2.24, 2.45) is 0 Å². The quantitative estimate of drug-likeness (QED) is 0.100. The number of carbonyl (C=O) groups is 4. The van der Waals surface area contributed by atoms with Gasteiger partial charge >= 0.3 is 0 Å². The Morgan fingerprint density at radius 3 is 2.29 bits per heavy atom. The molecule has 4 aliphatic heterocycles. The number of benzene rings is 3. The van der Waals surface area contributed by atoms with E-state index in [-0.39, 0.29) is 82.6 Å². The molecular formula is C49H54F4N10O5. The molecule has 0 spiro atoms. The lowest BCUT2D eigenvalue weighted by Gasteiger charge is -2.44. The summed E-state index contributed by atoms with van der Waals surface area (Å²) in [7, 11) is 4.60. The van der Waals surface area contributed by atoms with E-state index in [0.29, 0.717) is 81.5 Å². The number of aromatic nitrogens is 3. The van der Waals surface area contributed by atoms with Gasteiger partial charge < -0.3 is 34.6 Å². The van der Waals surface area contributed by atoms with Gasteiger partial charge in [-0.15, -0.1) is 0 Å². The lowest BCUT2D eigenvalue weighted by Crippen LogP contribution is -2.53. The number of imide groups is 1. The van der Waals surface area contributed by atoms with Gasteiger partial charge in [-0.05, 0) is 61.1 Å². The molecule has 358 valence electrons. The van der Waals surface area contributed by atoms with Crippen LogP contribution < -0.4 is 25.2 Å². The summed E-state index contributed by atoms with van der Waals surface area (Å²) in [6.45, 7) is 4.18. The van der Waals surface area contributed by atoms with Gasteiger partial charge in [0.25, 0.3) is 5.91 Å². The van der Waals surface area contributed by atoms with Crippen molar-refractivity contribution in [1.29, 1.82) is 0 Å². The maximum Gasteiger partial charge on any atom is 0.269 e. The Balaban J connectivity index is 0.884. The molecule has 3 aromatic carbocycles. The van der Waals surface area contributed by atoms with Crippen LogP contribution in [0.2, 0.25) is 0 Å². The first-order valence-electron chi connectivity index (χ1n) is 23.0. The number of anilines is 3. The number of nitrogens with zero attached hydrogens (tertiary/aromatic N) is 7. The predicted octanol–water partition coefficient (Wildman–Crippen LogP) is 6.01. The van der Waals surface area contributed by atoms with Crippen molar-refractivity contribution in [3.05, 3.63) is 95.5 Å². The molecule has 3 N–H and O–H groups in total. The third kappa shape index (κ3) is 9.35. The molecule has 0 saturated carbocycles. The molecule has 1 unspecified atom stereocenters. The lowest BCUT2D eigenvalue weighted by molar-refractivity contribution is -0.134. The molecule has 4 amide bonds. The number of piperazine rings is 1. The molecule has 3 fully saturated rings. The van der Waals surface area contributed by atoms with Crippen molar-refractivity contribution in [2.75, 3.05) is 88.7 Å². The zero-order valence-corrected chi connectivity index (χ0v) is 38.2. The number of aryl methyl sites for hydroxylation is 1. The number of fused-ring (bicyclic) bond motifs is 1. The maximum atomic E-state index is 16.6. The molecular weight excluding hydrogens is 885 g/mol. The first kappa shape index (κ1) is 46.2. The Bertz CT molecular complexity index is 2780. The Morgan fingerprint density at radius 1 is 0.853 bits per heavy atom. The molecule has 9 rings (SSSR count). The van der Waals surface area contributed by atoms with Gasteiger partial charge in [0.05, 0.1) is 29.7 Å². The number of carbonyl (C=O) groups excluding carboxylic acids is 4. The third-order valence-electron chi connectivity index (χ3n) is 13.6. The van der Waals surface area contributed by atoms with E-state index in [9.17, 15) is 19.2 Å². The van der Waals surface area contributed by atoms with Crippen LogP contribution in [-0.2, 0) is 20.9 Å². The van der Waals surface area contributed by atoms with E-state index in [1.54, 1.807) is 48.2 Å². The van der Waals surface area contributed by atoms with Gasteiger partial charge in [0, 0.05) is 139 Å². The number of nitrogens with one attached hydrogen (secondary N) is 3. The Hall–Kier alpha value is -6.89. The van der Waals surface area contributed by atoms with Gasteiger partial charge in [0.1, 0.15) is 34.9 Å². The second-order valence-electron chi connectivity index (χ2n) is 18.0. The van der Waals surface area contributed by atoms with E-state index in [4.69, 9.17) is 4.74 Å². The molecule has 6 heterocycles. The number of hydrogen-bond acceptors (Lipinski definition) is 10. The molecule has 2 aromatic heterocycles. The monoisotopic (exact) mass is 938 g/mol. The Kier molecular flexibility index (Phi) is 13.2. The minimum absolute atomic E-state index is 0.0290. The molecule has 15 nitrogen and oxygen atoms in total. The van der Waals surface area contributed by atoms with E-state index >= 15 is 17.6 Å². The van der Waals surface area contributed by atoms with Gasteiger partial charge in [-0.2, -0.15) is 5.10 Å². The van der Waals surface area contributed by atoms with Crippen LogP contribution in [0.1, 0.15) is 54.6 Å². The predicted molar refractivity (Wildman–Crippen MR) is 249 cm³/mol. The summed E-state index contributed by atoms with van der Waals surface area (Å²) in [6, 6.07) is 9.49. The summed E-state index contributed by atoms with van der Waals surface area (Å²) in [5.41, 5.74) is 1.62. The lowest BCUT2D eigenvalue weighted by atomic mass is 9.92. The second-order valence-corrected chi connectivity index (χ2v) is 18.0. The molecule has 0 bridgehead atoms. The molecule has 68 heavy (non-hydrogen) atoms. The number of H-pyrrole nitrogens is 1. The largest absolute Gasteiger partial charge is 0.495 e. The van der Waals surface area contributed by atoms with Gasteiger partial charge in [-0.3, -0.25) is 34.1 Å². The fourth-order valence-corrected chi connectivity index (χ4v) is 9.90. The standard InChI is InChI=1S/C49H54F4N10O5/c1-58(2)49(67)40-24-34-32(22-31(46(53)47(34)56-40)29-6-4-13-62(28-29)45(65)11-17-63-14-5-12-54-63)33-23-36(51)41(26-35(33)50)61-20-18-59(19-21-61)30-9-15-60(16-10-30)42-27-43(68-3)39(25-37(42)52)55-38-7-8-44(64)57-48(38)66/h5-6,12,14,22-27,30,38,55-56H,4,7-11,13,15-21,28H2,1-3H3,(H,57,64,66). The minimum atomic E-state index is -0.714. The zero-order valence-electron chi connectivity index (χ0n) is 38.2. The highest BCUT2D eigenvalue weighted by Gasteiger charge is 2.33. The van der Waals surface area contributed by atoms with Crippen molar-refractivity contribution in [1.82, 2.24) is 34.8 Å². The van der Waals surface area contributed by atoms with Crippen LogP contribution in [0.3, 0.4) is 0 Å². The van der Waals surface area contributed by atoms with E-state index in [2.05, 4.69) is 25.6 Å². The van der Waals surface area contributed by atoms with Crippen LogP contribution in [-0.4, -0.2) is 139 Å². The summed E-state index contributed by atoms with van der Waals surface area (Å²) in [5.74, 6) is -3.47. The van der Waals surface area contributed by atoms with Gasteiger partial charge in [-0.25, -0.2) is 17.6 Å². The fourth-order valence-electron chi connectivity index (χ4n) is 9.90. The number of hydrogen-bond donors (Lipinski definition) is 3. The summed E-state index contributed by atoms with van der Waals surface area (Å²) in [4.78, 5) is 62.3. The van der Waals surface area contributed by atoms with Crippen LogP contribution in [0.5, 0.6) is 5.75 Å². The molecule has 3 saturated heterocycles. The second kappa shape index (κ2) is 19.4. The van der Waals surface area contributed by atoms with Crippen LogP contribution in [0.15, 0.2) is 60.9 Å². The average Bonchev–Trinajstić information content (AvgIpc) is 4.04. The summed E-state index contributed by atoms with van der Waals surface area (Å²) >= 11 is 0. The number of methoxy groups -OCH3 is 1. The molecule has 4 aliphatic rings. The number of ether oxygens (including phenoxy) is 1. The van der Waals surface area contributed by atoms with Crippen LogP contribution in [0.25, 0.3) is 27.6 Å². The molecule has 0 aliphatic carbocycles. The maximum absolute atomic E-state index is 16.6. The SMILES string of the molecule is COc1cc(N2CCC(N3CCN(c4cc(F)c(-c5cc(C6=CCCN(C(=O)CCn7cccn7)C6)c(F)c6[nH]c(C(=O)N(C)C)cc56)cc4F)CC3)CC2)c(F)cc1NC1CCC(=O)NC1=O. The van der Waals surface area contributed by atoms with E-state index < -0.39 is 41.1 Å². The van der Waals surface area contributed by atoms with Crippen molar-refractivity contribution in [3.63, 3.8) is 0 Å². The van der Waals surface area contributed by atoms with E-state index in [1.165, 1.54) is 36.3 Å².